The number of benzene rings is 2. The second-order valence-electron chi connectivity index (χ2n) is 5.55. The summed E-state index contributed by atoms with van der Waals surface area (Å²) in [5.74, 6) is 1.61. The van der Waals surface area contributed by atoms with Gasteiger partial charge in [-0.05, 0) is 54.8 Å². The molecule has 23 heavy (non-hydrogen) atoms. The summed E-state index contributed by atoms with van der Waals surface area (Å²) in [5, 5.41) is 2.86. The average Bonchev–Trinajstić information content (AvgIpc) is 2.51. The Bertz CT molecular complexity index is 630. The van der Waals surface area contributed by atoms with E-state index in [1.165, 1.54) is 11.1 Å². The zero-order chi connectivity index (χ0) is 16.7. The number of methoxy groups -OCH3 is 1. The average molecular weight is 313 g/mol. The normalized spacial score (nSPS) is 10.2. The first-order valence-corrected chi connectivity index (χ1v) is 7.67. The molecule has 0 saturated carbocycles. The second kappa shape index (κ2) is 8.22. The molecule has 0 heterocycles. The van der Waals surface area contributed by atoms with Crippen LogP contribution in [0.15, 0.2) is 42.5 Å². The van der Waals surface area contributed by atoms with Gasteiger partial charge in [-0.15, -0.1) is 0 Å². The van der Waals surface area contributed by atoms with Crippen LogP contribution in [0, 0.1) is 13.8 Å². The first kappa shape index (κ1) is 16.9. The quantitative estimate of drug-likeness (QED) is 0.799. The molecule has 0 aromatic heterocycles. The van der Waals surface area contributed by atoms with E-state index in [0.717, 1.165) is 17.1 Å². The summed E-state index contributed by atoms with van der Waals surface area (Å²) in [6.07, 6.45) is 0.355. The minimum absolute atomic E-state index is 0.0146. The Hall–Kier alpha value is -2.49. The van der Waals surface area contributed by atoms with Gasteiger partial charge in [-0.25, -0.2) is 0 Å². The van der Waals surface area contributed by atoms with Gasteiger partial charge in [-0.2, -0.15) is 0 Å². The molecular weight excluding hydrogens is 290 g/mol. The Kier molecular flexibility index (Phi) is 6.03. The smallest absolute Gasteiger partial charge is 0.224 e. The van der Waals surface area contributed by atoms with E-state index in [1.807, 2.05) is 50.2 Å². The summed E-state index contributed by atoms with van der Waals surface area (Å²) in [5.41, 5.74) is 3.30. The van der Waals surface area contributed by atoms with Crippen LogP contribution in [0.5, 0.6) is 11.5 Å². The van der Waals surface area contributed by atoms with Crippen molar-refractivity contribution in [3.8, 4) is 11.5 Å². The number of amides is 1. The monoisotopic (exact) mass is 313 g/mol. The zero-order valence-corrected chi connectivity index (χ0v) is 13.9. The fourth-order valence-electron chi connectivity index (χ4n) is 2.37. The van der Waals surface area contributed by atoms with Crippen LogP contribution < -0.4 is 14.8 Å². The van der Waals surface area contributed by atoms with Crippen molar-refractivity contribution in [1.82, 2.24) is 5.32 Å². The van der Waals surface area contributed by atoms with Crippen molar-refractivity contribution in [1.29, 1.82) is 0 Å². The van der Waals surface area contributed by atoms with Gasteiger partial charge in [0.25, 0.3) is 0 Å². The molecule has 0 bridgehead atoms. The number of hydrogen-bond donors (Lipinski definition) is 1. The van der Waals surface area contributed by atoms with Crippen molar-refractivity contribution in [2.75, 3.05) is 20.3 Å². The van der Waals surface area contributed by atoms with Crippen LogP contribution in [0.2, 0.25) is 0 Å². The third-order valence-electron chi connectivity index (χ3n) is 3.41. The molecule has 0 atom stereocenters. The van der Waals surface area contributed by atoms with E-state index in [9.17, 15) is 4.79 Å². The predicted molar refractivity (Wildman–Crippen MR) is 91.1 cm³/mol. The van der Waals surface area contributed by atoms with E-state index < -0.39 is 0 Å². The largest absolute Gasteiger partial charge is 0.497 e. The standard InChI is InChI=1S/C19H23NO3/c1-14-10-15(2)12-18(11-14)23-9-8-20-19(21)13-16-4-6-17(22-3)7-5-16/h4-7,10-12H,8-9,13H2,1-3H3,(H,20,21). The lowest BCUT2D eigenvalue weighted by molar-refractivity contribution is -0.120. The van der Waals surface area contributed by atoms with Gasteiger partial charge in [0, 0.05) is 0 Å². The number of rotatable bonds is 7. The van der Waals surface area contributed by atoms with Crippen molar-refractivity contribution in [3.05, 3.63) is 59.2 Å². The molecule has 0 saturated heterocycles. The summed E-state index contributed by atoms with van der Waals surface area (Å²) in [7, 11) is 1.62. The molecule has 2 rings (SSSR count). The van der Waals surface area contributed by atoms with Crippen molar-refractivity contribution in [2.24, 2.45) is 0 Å². The first-order valence-electron chi connectivity index (χ1n) is 7.67. The molecule has 0 spiro atoms. The van der Waals surface area contributed by atoms with Gasteiger partial charge >= 0.3 is 0 Å². The Balaban J connectivity index is 1.71. The Morgan fingerprint density at radius 1 is 1.00 bits per heavy atom. The van der Waals surface area contributed by atoms with E-state index in [2.05, 4.69) is 11.4 Å². The number of nitrogens with one attached hydrogen (secondary N) is 1. The topological polar surface area (TPSA) is 47.6 Å². The molecule has 0 aliphatic carbocycles. The van der Waals surface area contributed by atoms with Crippen molar-refractivity contribution >= 4 is 5.91 Å². The Labute approximate surface area is 137 Å². The van der Waals surface area contributed by atoms with E-state index >= 15 is 0 Å². The maximum atomic E-state index is 11.9. The van der Waals surface area contributed by atoms with Crippen LogP contribution in [0.1, 0.15) is 16.7 Å². The SMILES string of the molecule is COc1ccc(CC(=O)NCCOc2cc(C)cc(C)c2)cc1. The number of ether oxygens (including phenoxy) is 2. The van der Waals surface area contributed by atoms with Crippen LogP contribution in [0.3, 0.4) is 0 Å². The van der Waals surface area contributed by atoms with Gasteiger partial charge in [0.15, 0.2) is 0 Å². The van der Waals surface area contributed by atoms with Crippen LogP contribution >= 0.6 is 0 Å². The van der Waals surface area contributed by atoms with Crippen molar-refractivity contribution in [2.45, 2.75) is 20.3 Å². The zero-order valence-electron chi connectivity index (χ0n) is 13.9. The Morgan fingerprint density at radius 3 is 2.26 bits per heavy atom. The van der Waals surface area contributed by atoms with Gasteiger partial charge in [-0.3, -0.25) is 4.79 Å². The maximum absolute atomic E-state index is 11.9. The first-order chi connectivity index (χ1) is 11.1. The molecule has 1 amide bonds. The van der Waals surface area contributed by atoms with Crippen LogP contribution in [0.25, 0.3) is 0 Å². The summed E-state index contributed by atoms with van der Waals surface area (Å²) in [6.45, 7) is 5.02. The highest BCUT2D eigenvalue weighted by atomic mass is 16.5. The van der Waals surface area contributed by atoms with Crippen molar-refractivity contribution < 1.29 is 14.3 Å². The molecule has 122 valence electrons. The number of aryl methyl sites for hydroxylation is 2. The molecule has 0 unspecified atom stereocenters. The maximum Gasteiger partial charge on any atom is 0.224 e. The third kappa shape index (κ3) is 5.66. The van der Waals surface area contributed by atoms with Crippen LogP contribution in [-0.2, 0) is 11.2 Å². The van der Waals surface area contributed by atoms with Crippen LogP contribution in [0.4, 0.5) is 0 Å². The second-order valence-corrected chi connectivity index (χ2v) is 5.55. The fraction of sp³-hybridized carbons (Fsp3) is 0.316. The molecule has 0 aliphatic heterocycles. The van der Waals surface area contributed by atoms with Crippen molar-refractivity contribution in [3.63, 3.8) is 0 Å². The summed E-state index contributed by atoms with van der Waals surface area (Å²) < 4.78 is 10.8. The molecule has 4 nitrogen and oxygen atoms in total. The van der Waals surface area contributed by atoms with Gasteiger partial charge < -0.3 is 14.8 Å². The highest BCUT2D eigenvalue weighted by molar-refractivity contribution is 5.78. The Morgan fingerprint density at radius 2 is 1.65 bits per heavy atom. The molecule has 1 N–H and O–H groups in total. The molecule has 2 aromatic rings. The van der Waals surface area contributed by atoms with Crippen LogP contribution in [-0.4, -0.2) is 26.2 Å². The van der Waals surface area contributed by atoms with E-state index in [4.69, 9.17) is 9.47 Å². The highest BCUT2D eigenvalue weighted by Gasteiger charge is 2.03. The van der Waals surface area contributed by atoms with E-state index in [0.29, 0.717) is 19.6 Å². The van der Waals surface area contributed by atoms with Gasteiger partial charge in [-0.1, -0.05) is 18.2 Å². The molecule has 0 fully saturated rings. The molecule has 4 heteroatoms. The predicted octanol–water partition coefficient (Wildman–Crippen LogP) is 3.05. The highest BCUT2D eigenvalue weighted by Crippen LogP contribution is 2.16. The number of hydrogen-bond acceptors (Lipinski definition) is 3. The fourth-order valence-corrected chi connectivity index (χ4v) is 2.37. The van der Waals surface area contributed by atoms with E-state index in [-0.39, 0.29) is 5.91 Å². The molecular formula is C19H23NO3. The number of carbonyl (C=O) groups excluding carboxylic acids is 1. The third-order valence-corrected chi connectivity index (χ3v) is 3.41. The molecule has 2 aromatic carbocycles. The van der Waals surface area contributed by atoms with Gasteiger partial charge in [0.05, 0.1) is 20.1 Å². The minimum atomic E-state index is -0.0146. The van der Waals surface area contributed by atoms with E-state index in [1.54, 1.807) is 7.11 Å². The lowest BCUT2D eigenvalue weighted by Crippen LogP contribution is -2.29. The summed E-state index contributed by atoms with van der Waals surface area (Å²) >= 11 is 0. The lowest BCUT2D eigenvalue weighted by atomic mass is 10.1. The molecule has 0 aliphatic rings. The minimum Gasteiger partial charge on any atom is -0.497 e. The summed E-state index contributed by atoms with van der Waals surface area (Å²) in [6, 6.07) is 13.6. The lowest BCUT2D eigenvalue weighted by Gasteiger charge is -2.09. The number of carbonyl (C=O) groups is 1. The molecule has 0 radical (unpaired) electrons. The summed E-state index contributed by atoms with van der Waals surface area (Å²) in [4.78, 5) is 11.9. The van der Waals surface area contributed by atoms with Gasteiger partial charge in [0.1, 0.15) is 18.1 Å². The van der Waals surface area contributed by atoms with Gasteiger partial charge in [0.2, 0.25) is 5.91 Å².